The van der Waals surface area contributed by atoms with Gasteiger partial charge in [0.2, 0.25) is 0 Å². The molecule has 0 saturated carbocycles. The van der Waals surface area contributed by atoms with E-state index >= 15 is 0 Å². The Hall–Kier alpha value is -1.16. The van der Waals surface area contributed by atoms with Crippen molar-refractivity contribution in [1.82, 2.24) is 0 Å². The zero-order valence-electron chi connectivity index (χ0n) is 11.7. The molecule has 0 amide bonds. The highest BCUT2D eigenvalue weighted by atomic mass is 19.1. The van der Waals surface area contributed by atoms with Crippen molar-refractivity contribution in [2.45, 2.75) is 40.3 Å². The van der Waals surface area contributed by atoms with E-state index in [1.165, 1.54) is 12.1 Å². The lowest BCUT2D eigenvalue weighted by Crippen LogP contribution is -2.40. The van der Waals surface area contributed by atoms with Gasteiger partial charge in [0.15, 0.2) is 0 Å². The lowest BCUT2D eigenvalue weighted by atomic mass is 9.87. The van der Waals surface area contributed by atoms with E-state index in [2.05, 4.69) is 0 Å². The van der Waals surface area contributed by atoms with Gasteiger partial charge in [0, 0.05) is 19.6 Å². The highest BCUT2D eigenvalue weighted by Gasteiger charge is 2.27. The normalized spacial score (nSPS) is 13.6. The standard InChI is InChI=1S/C14H22F2N2/c1-9(14(2,3)4)18(5)13-11(15)6-10(8-17)7-12(13)16/h6-7,9H,8,17H2,1-5H3. The summed E-state index contributed by atoms with van der Waals surface area (Å²) in [4.78, 5) is 1.64. The monoisotopic (exact) mass is 256 g/mol. The van der Waals surface area contributed by atoms with E-state index < -0.39 is 11.6 Å². The smallest absolute Gasteiger partial charge is 0.149 e. The van der Waals surface area contributed by atoms with Gasteiger partial charge in [0.25, 0.3) is 0 Å². The summed E-state index contributed by atoms with van der Waals surface area (Å²) in [5, 5.41) is 0. The molecule has 2 N–H and O–H groups in total. The molecular weight excluding hydrogens is 234 g/mol. The molecule has 102 valence electrons. The molecule has 0 aromatic heterocycles. The Morgan fingerprint density at radius 2 is 1.67 bits per heavy atom. The van der Waals surface area contributed by atoms with E-state index in [0.717, 1.165) is 0 Å². The van der Waals surface area contributed by atoms with Gasteiger partial charge in [-0.3, -0.25) is 0 Å². The number of halogens is 2. The van der Waals surface area contributed by atoms with Gasteiger partial charge in [0.1, 0.15) is 17.3 Å². The first kappa shape index (κ1) is 14.9. The number of rotatable bonds is 3. The molecule has 0 bridgehead atoms. The van der Waals surface area contributed by atoms with Crippen LogP contribution < -0.4 is 10.6 Å². The fourth-order valence-electron chi connectivity index (χ4n) is 1.85. The summed E-state index contributed by atoms with van der Waals surface area (Å²) < 4.78 is 27.9. The van der Waals surface area contributed by atoms with E-state index in [1.807, 2.05) is 27.7 Å². The Labute approximate surface area is 108 Å². The van der Waals surface area contributed by atoms with Crippen LogP contribution in [0, 0.1) is 17.0 Å². The van der Waals surface area contributed by atoms with Gasteiger partial charge in [-0.1, -0.05) is 20.8 Å². The van der Waals surface area contributed by atoms with Gasteiger partial charge in [0.05, 0.1) is 0 Å². The second-order valence-electron chi connectivity index (χ2n) is 5.77. The molecule has 0 saturated heterocycles. The van der Waals surface area contributed by atoms with Gasteiger partial charge < -0.3 is 10.6 Å². The molecule has 2 nitrogen and oxygen atoms in total. The van der Waals surface area contributed by atoms with Crippen LogP contribution in [0.1, 0.15) is 33.3 Å². The molecule has 1 atom stereocenters. The van der Waals surface area contributed by atoms with Crippen molar-refractivity contribution in [3.8, 4) is 0 Å². The van der Waals surface area contributed by atoms with Crippen molar-refractivity contribution in [3.05, 3.63) is 29.3 Å². The first-order chi connectivity index (χ1) is 8.18. The minimum absolute atomic E-state index is 0.00484. The van der Waals surface area contributed by atoms with Crippen LogP contribution in [0.4, 0.5) is 14.5 Å². The van der Waals surface area contributed by atoms with Crippen molar-refractivity contribution < 1.29 is 8.78 Å². The van der Waals surface area contributed by atoms with Crippen LogP contribution in [0.25, 0.3) is 0 Å². The minimum atomic E-state index is -0.561. The summed E-state index contributed by atoms with van der Waals surface area (Å²) in [5.74, 6) is -1.12. The number of hydrogen-bond acceptors (Lipinski definition) is 2. The molecule has 0 radical (unpaired) electrons. The maximum absolute atomic E-state index is 14.0. The second-order valence-corrected chi connectivity index (χ2v) is 5.77. The molecular formula is C14H22F2N2. The number of hydrogen-bond donors (Lipinski definition) is 1. The summed E-state index contributed by atoms with van der Waals surface area (Å²) in [6.45, 7) is 8.21. The topological polar surface area (TPSA) is 29.3 Å². The lowest BCUT2D eigenvalue weighted by molar-refractivity contribution is 0.326. The third-order valence-corrected chi connectivity index (χ3v) is 3.50. The Balaban J connectivity index is 3.18. The summed E-state index contributed by atoms with van der Waals surface area (Å²) in [6, 6.07) is 2.60. The molecule has 1 aromatic carbocycles. The summed E-state index contributed by atoms with van der Waals surface area (Å²) in [5.41, 5.74) is 5.80. The predicted octanol–water partition coefficient (Wildman–Crippen LogP) is 3.29. The van der Waals surface area contributed by atoms with Crippen molar-refractivity contribution >= 4 is 5.69 Å². The number of anilines is 1. The second kappa shape index (κ2) is 5.22. The summed E-state index contributed by atoms with van der Waals surface area (Å²) in [7, 11) is 1.71. The average molecular weight is 256 g/mol. The largest absolute Gasteiger partial charge is 0.367 e. The first-order valence-electron chi connectivity index (χ1n) is 6.09. The summed E-state index contributed by atoms with van der Waals surface area (Å²) in [6.07, 6.45) is 0. The molecule has 1 aromatic rings. The van der Waals surface area contributed by atoms with Crippen LogP contribution in [0.15, 0.2) is 12.1 Å². The molecule has 0 fully saturated rings. The Morgan fingerprint density at radius 1 is 1.22 bits per heavy atom. The predicted molar refractivity (Wildman–Crippen MR) is 71.6 cm³/mol. The van der Waals surface area contributed by atoms with E-state index in [-0.39, 0.29) is 23.7 Å². The van der Waals surface area contributed by atoms with Gasteiger partial charge in [-0.25, -0.2) is 8.78 Å². The number of nitrogens with zero attached hydrogens (tertiary/aromatic N) is 1. The average Bonchev–Trinajstić information content (AvgIpc) is 2.25. The van der Waals surface area contributed by atoms with Crippen LogP contribution in [0.5, 0.6) is 0 Å². The van der Waals surface area contributed by atoms with Crippen molar-refractivity contribution in [2.24, 2.45) is 11.1 Å². The molecule has 0 heterocycles. The van der Waals surface area contributed by atoms with E-state index in [0.29, 0.717) is 5.56 Å². The fourth-order valence-corrected chi connectivity index (χ4v) is 1.85. The number of benzene rings is 1. The maximum atomic E-state index is 14.0. The Kier molecular flexibility index (Phi) is 4.32. The molecule has 4 heteroatoms. The van der Waals surface area contributed by atoms with Crippen molar-refractivity contribution in [3.63, 3.8) is 0 Å². The molecule has 0 aliphatic heterocycles. The molecule has 1 rings (SSSR count). The molecule has 0 aliphatic carbocycles. The fraction of sp³-hybridized carbons (Fsp3) is 0.571. The molecule has 0 spiro atoms. The first-order valence-corrected chi connectivity index (χ1v) is 6.09. The highest BCUT2D eigenvalue weighted by Crippen LogP contribution is 2.31. The van der Waals surface area contributed by atoms with Crippen LogP contribution in [-0.4, -0.2) is 13.1 Å². The zero-order chi connectivity index (χ0) is 14.1. The Morgan fingerprint density at radius 3 is 2.00 bits per heavy atom. The van der Waals surface area contributed by atoms with E-state index in [1.54, 1.807) is 11.9 Å². The van der Waals surface area contributed by atoms with E-state index in [4.69, 9.17) is 5.73 Å². The van der Waals surface area contributed by atoms with Crippen LogP contribution in [-0.2, 0) is 6.54 Å². The van der Waals surface area contributed by atoms with Gasteiger partial charge in [-0.05, 0) is 30.0 Å². The Bertz CT molecular complexity index is 401. The SMILES string of the molecule is CC(N(C)c1c(F)cc(CN)cc1F)C(C)(C)C. The zero-order valence-corrected chi connectivity index (χ0v) is 11.7. The minimum Gasteiger partial charge on any atom is -0.367 e. The van der Waals surface area contributed by atoms with Crippen LogP contribution in [0.2, 0.25) is 0 Å². The highest BCUT2D eigenvalue weighted by molar-refractivity contribution is 5.51. The summed E-state index contributed by atoms with van der Waals surface area (Å²) >= 11 is 0. The van der Waals surface area contributed by atoms with Crippen molar-refractivity contribution in [2.75, 3.05) is 11.9 Å². The quantitative estimate of drug-likeness (QED) is 0.899. The third kappa shape index (κ3) is 2.99. The lowest BCUT2D eigenvalue weighted by Gasteiger charge is -2.37. The molecule has 0 aliphatic rings. The van der Waals surface area contributed by atoms with Crippen molar-refractivity contribution in [1.29, 1.82) is 0 Å². The molecule has 18 heavy (non-hydrogen) atoms. The maximum Gasteiger partial charge on any atom is 0.149 e. The van der Waals surface area contributed by atoms with E-state index in [9.17, 15) is 8.78 Å². The van der Waals surface area contributed by atoms with Crippen LogP contribution >= 0.6 is 0 Å². The van der Waals surface area contributed by atoms with Gasteiger partial charge in [-0.2, -0.15) is 0 Å². The number of nitrogens with two attached hydrogens (primary N) is 1. The van der Waals surface area contributed by atoms with Gasteiger partial charge in [-0.15, -0.1) is 0 Å². The third-order valence-electron chi connectivity index (χ3n) is 3.50. The van der Waals surface area contributed by atoms with Gasteiger partial charge >= 0.3 is 0 Å². The molecule has 1 unspecified atom stereocenters. The van der Waals surface area contributed by atoms with Crippen LogP contribution in [0.3, 0.4) is 0 Å².